The Morgan fingerprint density at radius 3 is 3.05 bits per heavy atom. The minimum atomic E-state index is -0.211. The smallest absolute Gasteiger partial charge is 0.310 e. The van der Waals surface area contributed by atoms with E-state index in [1.165, 1.54) is 6.07 Å². The minimum absolute atomic E-state index is 0.0813. The predicted molar refractivity (Wildman–Crippen MR) is 78.7 cm³/mol. The van der Waals surface area contributed by atoms with Gasteiger partial charge >= 0.3 is 5.97 Å². The monoisotopic (exact) mass is 343 g/mol. The normalized spacial score (nSPS) is 19.9. The molecule has 1 heterocycles. The van der Waals surface area contributed by atoms with Crippen LogP contribution in [0.2, 0.25) is 0 Å². The first-order chi connectivity index (χ1) is 9.60. The van der Waals surface area contributed by atoms with Gasteiger partial charge in [-0.3, -0.25) is 9.69 Å². The molecule has 2 rings (SSSR count). The molecule has 0 amide bonds. The molecule has 1 atom stereocenters. The number of piperidine rings is 1. The van der Waals surface area contributed by atoms with Crippen LogP contribution in [0.1, 0.15) is 25.3 Å². The third-order valence-corrected chi connectivity index (χ3v) is 4.03. The Morgan fingerprint density at radius 2 is 2.35 bits per heavy atom. The molecule has 20 heavy (non-hydrogen) atoms. The fourth-order valence-electron chi connectivity index (χ4n) is 2.54. The van der Waals surface area contributed by atoms with E-state index in [2.05, 4.69) is 20.8 Å². The summed E-state index contributed by atoms with van der Waals surface area (Å²) >= 11 is 3.25. The lowest BCUT2D eigenvalue weighted by Crippen LogP contribution is -2.39. The van der Waals surface area contributed by atoms with Crippen molar-refractivity contribution >= 4 is 21.9 Å². The molecule has 1 aliphatic heterocycles. The molecule has 1 fully saturated rings. The Labute approximate surface area is 127 Å². The van der Waals surface area contributed by atoms with Crippen LogP contribution in [0.3, 0.4) is 0 Å². The van der Waals surface area contributed by atoms with E-state index in [1.807, 2.05) is 13.0 Å². The fraction of sp³-hybridized carbons (Fsp3) is 0.533. The van der Waals surface area contributed by atoms with Gasteiger partial charge in [0.15, 0.2) is 0 Å². The molecule has 0 unspecified atom stereocenters. The lowest BCUT2D eigenvalue weighted by molar-refractivity contribution is -0.150. The van der Waals surface area contributed by atoms with Crippen LogP contribution in [0.4, 0.5) is 4.39 Å². The lowest BCUT2D eigenvalue weighted by atomic mass is 9.97. The number of hydrogen-bond acceptors (Lipinski definition) is 3. The van der Waals surface area contributed by atoms with Gasteiger partial charge in [0.2, 0.25) is 0 Å². The number of halogens is 2. The van der Waals surface area contributed by atoms with Crippen LogP contribution in [0.5, 0.6) is 0 Å². The van der Waals surface area contributed by atoms with E-state index < -0.39 is 0 Å². The third-order valence-electron chi connectivity index (χ3n) is 3.53. The number of rotatable bonds is 4. The first kappa shape index (κ1) is 15.4. The zero-order chi connectivity index (χ0) is 14.5. The molecule has 0 spiro atoms. The predicted octanol–water partition coefficient (Wildman–Crippen LogP) is 3.36. The van der Waals surface area contributed by atoms with Crippen LogP contribution in [-0.2, 0) is 16.1 Å². The first-order valence-electron chi connectivity index (χ1n) is 6.93. The van der Waals surface area contributed by atoms with Crippen molar-refractivity contribution < 1.29 is 13.9 Å². The molecule has 1 aromatic rings. The second kappa shape index (κ2) is 7.18. The van der Waals surface area contributed by atoms with Gasteiger partial charge in [-0.1, -0.05) is 22.0 Å². The molecule has 1 aromatic carbocycles. The van der Waals surface area contributed by atoms with E-state index in [1.54, 1.807) is 6.07 Å². The maximum absolute atomic E-state index is 13.8. The van der Waals surface area contributed by atoms with Crippen molar-refractivity contribution in [1.29, 1.82) is 0 Å². The number of hydrogen-bond donors (Lipinski definition) is 0. The second-order valence-electron chi connectivity index (χ2n) is 5.06. The highest BCUT2D eigenvalue weighted by Gasteiger charge is 2.27. The summed E-state index contributed by atoms with van der Waals surface area (Å²) in [6.45, 7) is 4.31. The topological polar surface area (TPSA) is 29.5 Å². The average molecular weight is 344 g/mol. The number of benzene rings is 1. The maximum atomic E-state index is 13.8. The van der Waals surface area contributed by atoms with E-state index in [-0.39, 0.29) is 17.7 Å². The van der Waals surface area contributed by atoms with E-state index in [4.69, 9.17) is 4.74 Å². The molecular weight excluding hydrogens is 325 g/mol. The van der Waals surface area contributed by atoms with Gasteiger partial charge in [0.1, 0.15) is 5.82 Å². The van der Waals surface area contributed by atoms with Crippen molar-refractivity contribution in [1.82, 2.24) is 4.90 Å². The first-order valence-corrected chi connectivity index (χ1v) is 7.72. The number of carbonyl (C=O) groups excluding carboxylic acids is 1. The number of esters is 1. The van der Waals surface area contributed by atoms with Crippen LogP contribution in [-0.4, -0.2) is 30.6 Å². The minimum Gasteiger partial charge on any atom is -0.466 e. The Hall–Kier alpha value is -0.940. The Balaban J connectivity index is 1.97. The van der Waals surface area contributed by atoms with Crippen molar-refractivity contribution in [2.45, 2.75) is 26.3 Å². The van der Waals surface area contributed by atoms with Crippen molar-refractivity contribution in [3.05, 3.63) is 34.1 Å². The van der Waals surface area contributed by atoms with Gasteiger partial charge in [-0.05, 0) is 38.4 Å². The summed E-state index contributed by atoms with van der Waals surface area (Å²) in [6, 6.07) is 5.10. The Morgan fingerprint density at radius 1 is 1.55 bits per heavy atom. The number of carbonyl (C=O) groups is 1. The molecule has 110 valence electrons. The van der Waals surface area contributed by atoms with E-state index in [0.717, 1.165) is 23.9 Å². The summed E-state index contributed by atoms with van der Waals surface area (Å²) < 4.78 is 19.6. The maximum Gasteiger partial charge on any atom is 0.310 e. The van der Waals surface area contributed by atoms with Crippen LogP contribution >= 0.6 is 15.9 Å². The Kier molecular flexibility index (Phi) is 5.54. The molecule has 5 heteroatoms. The van der Waals surface area contributed by atoms with Gasteiger partial charge in [-0.2, -0.15) is 0 Å². The third kappa shape index (κ3) is 4.03. The molecule has 1 aliphatic rings. The van der Waals surface area contributed by atoms with Crippen LogP contribution in [0.25, 0.3) is 0 Å². The van der Waals surface area contributed by atoms with E-state index in [0.29, 0.717) is 25.3 Å². The zero-order valence-electron chi connectivity index (χ0n) is 11.6. The van der Waals surface area contributed by atoms with Crippen molar-refractivity contribution in [3.8, 4) is 0 Å². The highest BCUT2D eigenvalue weighted by Crippen LogP contribution is 2.22. The summed E-state index contributed by atoms with van der Waals surface area (Å²) in [5.41, 5.74) is 0.665. The SMILES string of the molecule is CCOC(=O)[C@H]1CCCN(Cc2ccc(Br)cc2F)C1. The van der Waals surface area contributed by atoms with Gasteiger partial charge in [0.25, 0.3) is 0 Å². The summed E-state index contributed by atoms with van der Waals surface area (Å²) in [5.74, 6) is -0.423. The average Bonchev–Trinajstić information content (AvgIpc) is 2.43. The number of nitrogens with zero attached hydrogens (tertiary/aromatic N) is 1. The lowest BCUT2D eigenvalue weighted by Gasteiger charge is -2.31. The van der Waals surface area contributed by atoms with Gasteiger partial charge in [-0.15, -0.1) is 0 Å². The molecular formula is C15H19BrFNO2. The second-order valence-corrected chi connectivity index (χ2v) is 5.98. The molecule has 3 nitrogen and oxygen atoms in total. The zero-order valence-corrected chi connectivity index (χ0v) is 13.2. The molecule has 0 aliphatic carbocycles. The molecule has 0 saturated carbocycles. The summed E-state index contributed by atoms with van der Waals surface area (Å²) in [6.07, 6.45) is 1.81. The molecule has 0 bridgehead atoms. The fourth-order valence-corrected chi connectivity index (χ4v) is 2.88. The molecule has 1 saturated heterocycles. The molecule has 0 radical (unpaired) electrons. The van der Waals surface area contributed by atoms with Gasteiger partial charge in [0.05, 0.1) is 12.5 Å². The van der Waals surface area contributed by atoms with E-state index >= 15 is 0 Å². The van der Waals surface area contributed by atoms with E-state index in [9.17, 15) is 9.18 Å². The Bertz CT molecular complexity index is 481. The highest BCUT2D eigenvalue weighted by atomic mass is 79.9. The van der Waals surface area contributed by atoms with Gasteiger partial charge in [-0.25, -0.2) is 4.39 Å². The van der Waals surface area contributed by atoms with Gasteiger partial charge in [0, 0.05) is 23.1 Å². The summed E-state index contributed by atoms with van der Waals surface area (Å²) in [5, 5.41) is 0. The van der Waals surface area contributed by atoms with Crippen molar-refractivity contribution in [2.24, 2.45) is 5.92 Å². The highest BCUT2D eigenvalue weighted by molar-refractivity contribution is 9.10. The molecule has 0 N–H and O–H groups in total. The van der Waals surface area contributed by atoms with Crippen LogP contribution in [0, 0.1) is 11.7 Å². The van der Waals surface area contributed by atoms with Crippen LogP contribution in [0.15, 0.2) is 22.7 Å². The standard InChI is InChI=1S/C15H19BrFNO2/c1-2-20-15(19)12-4-3-7-18(10-12)9-11-5-6-13(16)8-14(11)17/h5-6,8,12H,2-4,7,9-10H2,1H3/t12-/m0/s1. The van der Waals surface area contributed by atoms with Crippen molar-refractivity contribution in [2.75, 3.05) is 19.7 Å². The quantitative estimate of drug-likeness (QED) is 0.785. The molecule has 0 aromatic heterocycles. The largest absolute Gasteiger partial charge is 0.466 e. The number of ether oxygens (including phenoxy) is 1. The summed E-state index contributed by atoms with van der Waals surface area (Å²) in [7, 11) is 0. The van der Waals surface area contributed by atoms with Crippen LogP contribution < -0.4 is 0 Å². The summed E-state index contributed by atoms with van der Waals surface area (Å²) in [4.78, 5) is 13.9. The van der Waals surface area contributed by atoms with Crippen molar-refractivity contribution in [3.63, 3.8) is 0 Å². The number of likely N-dealkylation sites (tertiary alicyclic amines) is 1. The van der Waals surface area contributed by atoms with Gasteiger partial charge < -0.3 is 4.74 Å².